The van der Waals surface area contributed by atoms with Gasteiger partial charge in [0, 0.05) is 0 Å². The van der Waals surface area contributed by atoms with E-state index in [1.165, 1.54) is 23.5 Å². The Kier molecular flexibility index (Phi) is 4.51. The number of thiazole rings is 1. The van der Waals surface area contributed by atoms with E-state index < -0.39 is 11.7 Å². The van der Waals surface area contributed by atoms with Crippen LogP contribution in [-0.4, -0.2) is 24.7 Å². The standard InChI is InChI=1S/C14H13BF3NOS/c1-8(15-20-3)12-9(2)19-13(21-12)10-4-6-11(7-5-10)14(16,17)18/h4-7H,1-3H3. The Morgan fingerprint density at radius 1 is 1.24 bits per heavy atom. The van der Waals surface area contributed by atoms with E-state index in [9.17, 15) is 13.2 Å². The van der Waals surface area contributed by atoms with E-state index in [-0.39, 0.29) is 0 Å². The zero-order valence-electron chi connectivity index (χ0n) is 11.8. The van der Waals surface area contributed by atoms with Crippen LogP contribution in [-0.2, 0) is 10.8 Å². The summed E-state index contributed by atoms with van der Waals surface area (Å²) in [5, 5.41) is 0.695. The van der Waals surface area contributed by atoms with Gasteiger partial charge in [0.2, 0.25) is 0 Å². The third kappa shape index (κ3) is 3.53. The van der Waals surface area contributed by atoms with Crippen LogP contribution in [0, 0.1) is 6.92 Å². The molecule has 1 heterocycles. The van der Waals surface area contributed by atoms with Crippen molar-refractivity contribution in [3.05, 3.63) is 40.4 Å². The van der Waals surface area contributed by atoms with Gasteiger partial charge in [0.1, 0.15) is 0 Å². The molecule has 1 aromatic heterocycles. The van der Waals surface area contributed by atoms with Gasteiger partial charge in [-0.25, -0.2) is 0 Å². The number of hydrogen-bond donors (Lipinski definition) is 0. The van der Waals surface area contributed by atoms with Gasteiger partial charge in [-0.05, 0) is 0 Å². The van der Waals surface area contributed by atoms with Crippen LogP contribution in [0.4, 0.5) is 13.2 Å². The molecule has 0 unspecified atom stereocenters. The molecule has 0 atom stereocenters. The summed E-state index contributed by atoms with van der Waals surface area (Å²) in [4.78, 5) is 5.38. The van der Waals surface area contributed by atoms with E-state index in [4.69, 9.17) is 4.65 Å². The molecule has 110 valence electrons. The number of halogens is 3. The summed E-state index contributed by atoms with van der Waals surface area (Å²) in [6, 6.07) is 5.04. The van der Waals surface area contributed by atoms with Gasteiger partial charge in [0.05, 0.1) is 0 Å². The molecule has 2 aromatic rings. The van der Waals surface area contributed by atoms with Crippen LogP contribution in [0.1, 0.15) is 23.1 Å². The first-order chi connectivity index (χ1) is 9.82. The average Bonchev–Trinajstić information content (AvgIpc) is 2.80. The molecule has 0 aliphatic rings. The van der Waals surface area contributed by atoms with Crippen LogP contribution >= 0.6 is 11.3 Å². The zero-order valence-corrected chi connectivity index (χ0v) is 12.6. The molecular weight excluding hydrogens is 298 g/mol. The Bertz CT molecular complexity index is 662. The van der Waals surface area contributed by atoms with Crippen molar-refractivity contribution >= 4 is 23.9 Å². The Morgan fingerprint density at radius 2 is 1.86 bits per heavy atom. The number of benzene rings is 1. The molecule has 0 radical (unpaired) electrons. The summed E-state index contributed by atoms with van der Waals surface area (Å²) in [5.41, 5.74) is 1.79. The van der Waals surface area contributed by atoms with Crippen molar-refractivity contribution in [2.45, 2.75) is 20.0 Å². The van der Waals surface area contributed by atoms with Crippen LogP contribution in [0.5, 0.6) is 0 Å². The fourth-order valence-corrected chi connectivity index (χ4v) is 2.95. The second-order valence-corrected chi connectivity index (χ2v) is 5.54. The van der Waals surface area contributed by atoms with E-state index in [1.54, 1.807) is 14.2 Å². The Labute approximate surface area is 125 Å². The van der Waals surface area contributed by atoms with Crippen molar-refractivity contribution in [3.8, 4) is 10.6 Å². The molecule has 0 saturated heterocycles. The summed E-state index contributed by atoms with van der Waals surface area (Å²) in [5.74, 6) is 0. The Hall–Kier alpha value is -1.63. The van der Waals surface area contributed by atoms with Crippen molar-refractivity contribution in [2.24, 2.45) is 0 Å². The SMILES string of the molecule is COB=C(C)c1sc(-c2ccc(C(F)(F)F)cc2)nc1C. The van der Waals surface area contributed by atoms with E-state index in [2.05, 4.69) is 4.98 Å². The van der Waals surface area contributed by atoms with Crippen molar-refractivity contribution in [3.63, 3.8) is 0 Å². The van der Waals surface area contributed by atoms with Crippen molar-refractivity contribution in [1.29, 1.82) is 0 Å². The van der Waals surface area contributed by atoms with Gasteiger partial charge in [-0.2, -0.15) is 0 Å². The second kappa shape index (κ2) is 6.01. The van der Waals surface area contributed by atoms with Gasteiger partial charge < -0.3 is 0 Å². The van der Waals surface area contributed by atoms with Crippen molar-refractivity contribution in [1.82, 2.24) is 4.98 Å². The van der Waals surface area contributed by atoms with Gasteiger partial charge in [0.15, 0.2) is 0 Å². The quantitative estimate of drug-likeness (QED) is 0.801. The van der Waals surface area contributed by atoms with Crippen LogP contribution in [0.15, 0.2) is 24.3 Å². The fourth-order valence-electron chi connectivity index (χ4n) is 1.92. The summed E-state index contributed by atoms with van der Waals surface area (Å²) >= 11 is 1.43. The zero-order chi connectivity index (χ0) is 15.6. The molecule has 0 bridgehead atoms. The van der Waals surface area contributed by atoms with Gasteiger partial charge in [-0.3, -0.25) is 0 Å². The number of nitrogens with zero attached hydrogens (tertiary/aromatic N) is 1. The van der Waals surface area contributed by atoms with E-state index in [0.29, 0.717) is 10.6 Å². The topological polar surface area (TPSA) is 22.1 Å². The summed E-state index contributed by atoms with van der Waals surface area (Å²) in [6.07, 6.45) is -4.32. The minimum atomic E-state index is -4.32. The van der Waals surface area contributed by atoms with Crippen molar-refractivity contribution < 1.29 is 17.8 Å². The maximum atomic E-state index is 12.5. The van der Waals surface area contributed by atoms with Crippen molar-refractivity contribution in [2.75, 3.05) is 7.11 Å². The third-order valence-corrected chi connectivity index (χ3v) is 4.25. The van der Waals surface area contributed by atoms with E-state index in [1.807, 2.05) is 13.8 Å². The van der Waals surface area contributed by atoms with Gasteiger partial charge in [-0.1, -0.05) is 0 Å². The second-order valence-electron chi connectivity index (χ2n) is 4.55. The number of aromatic nitrogens is 1. The molecular formula is C14H13BF3NOS. The monoisotopic (exact) mass is 311 g/mol. The summed E-state index contributed by atoms with van der Waals surface area (Å²) < 4.78 is 42.6. The molecule has 2 nitrogen and oxygen atoms in total. The summed E-state index contributed by atoms with van der Waals surface area (Å²) in [6.45, 7) is 3.77. The number of rotatable bonds is 3. The number of hydrogen-bond acceptors (Lipinski definition) is 3. The predicted octanol–water partition coefficient (Wildman–Crippen LogP) is 3.94. The van der Waals surface area contributed by atoms with E-state index in [0.717, 1.165) is 28.2 Å². The van der Waals surface area contributed by atoms with Gasteiger partial charge in [-0.15, -0.1) is 0 Å². The molecule has 0 fully saturated rings. The summed E-state index contributed by atoms with van der Waals surface area (Å²) in [7, 11) is 3.19. The molecule has 2 rings (SSSR count). The number of alkyl halides is 3. The average molecular weight is 311 g/mol. The first kappa shape index (κ1) is 15.8. The first-order valence-electron chi connectivity index (χ1n) is 6.18. The normalized spacial score (nSPS) is 12.2. The van der Waals surface area contributed by atoms with Gasteiger partial charge in [0.25, 0.3) is 0 Å². The molecule has 0 saturated carbocycles. The molecule has 0 amide bonds. The molecule has 0 aliphatic heterocycles. The van der Waals surface area contributed by atoms with Gasteiger partial charge >= 0.3 is 125 Å². The maximum absolute atomic E-state index is 12.5. The van der Waals surface area contributed by atoms with Crippen LogP contribution in [0.3, 0.4) is 0 Å². The Balaban J connectivity index is 2.35. The minimum absolute atomic E-state index is 0.657. The molecule has 0 N–H and O–H groups in total. The molecule has 0 spiro atoms. The van der Waals surface area contributed by atoms with E-state index >= 15 is 0 Å². The van der Waals surface area contributed by atoms with Crippen LogP contribution < -0.4 is 0 Å². The molecule has 21 heavy (non-hydrogen) atoms. The fraction of sp³-hybridized carbons (Fsp3) is 0.286. The van der Waals surface area contributed by atoms with Crippen LogP contribution in [0.2, 0.25) is 0 Å². The molecule has 1 aromatic carbocycles. The molecule has 7 heteroatoms. The number of aryl methyl sites for hydroxylation is 1. The first-order valence-corrected chi connectivity index (χ1v) is 6.99. The third-order valence-electron chi connectivity index (χ3n) is 2.91. The predicted molar refractivity (Wildman–Crippen MR) is 79.8 cm³/mol. The Morgan fingerprint density at radius 3 is 2.38 bits per heavy atom. The molecule has 0 aliphatic carbocycles. The van der Waals surface area contributed by atoms with Crippen LogP contribution in [0.25, 0.3) is 10.6 Å².